The van der Waals surface area contributed by atoms with E-state index in [1.54, 1.807) is 0 Å². The molecule has 1 aliphatic rings. The summed E-state index contributed by atoms with van der Waals surface area (Å²) in [4.78, 5) is 9.61. The van der Waals surface area contributed by atoms with Crippen LogP contribution in [0, 0.1) is 0 Å². The van der Waals surface area contributed by atoms with E-state index in [2.05, 4.69) is 58.8 Å². The highest BCUT2D eigenvalue weighted by atomic mass is 16.5. The van der Waals surface area contributed by atoms with Crippen LogP contribution in [-0.4, -0.2) is 16.6 Å². The van der Waals surface area contributed by atoms with Gasteiger partial charge < -0.3 is 10.1 Å². The van der Waals surface area contributed by atoms with E-state index in [0.29, 0.717) is 19.0 Å². The fraction of sp³-hybridized carbons (Fsp3) is 0.130. The van der Waals surface area contributed by atoms with Crippen LogP contribution in [0.15, 0.2) is 66.7 Å². The normalized spacial score (nSPS) is 12.2. The van der Waals surface area contributed by atoms with E-state index in [4.69, 9.17) is 9.72 Å². The summed E-state index contributed by atoms with van der Waals surface area (Å²) in [5.41, 5.74) is 6.66. The van der Waals surface area contributed by atoms with Gasteiger partial charge in [-0.2, -0.15) is 4.98 Å². The van der Waals surface area contributed by atoms with E-state index in [1.807, 2.05) is 25.1 Å². The number of hydrogen-bond acceptors (Lipinski definition) is 4. The van der Waals surface area contributed by atoms with Crippen LogP contribution in [-0.2, 0) is 6.54 Å². The molecule has 5 rings (SSSR count). The Hall–Kier alpha value is -3.40. The number of pyridine rings is 2. The Morgan fingerprint density at radius 1 is 0.926 bits per heavy atom. The van der Waals surface area contributed by atoms with Gasteiger partial charge in [0.05, 0.1) is 17.8 Å². The summed E-state index contributed by atoms with van der Waals surface area (Å²) >= 11 is 0. The van der Waals surface area contributed by atoms with Crippen LogP contribution >= 0.6 is 0 Å². The molecule has 2 aromatic heterocycles. The molecule has 4 nitrogen and oxygen atoms in total. The SMILES string of the molecule is CCOc1ccc2c(n1)NCc1c-2nc2ccccc2c1-c1ccccc1. The van der Waals surface area contributed by atoms with E-state index in [1.165, 1.54) is 22.1 Å². The lowest BCUT2D eigenvalue weighted by Gasteiger charge is -2.24. The average molecular weight is 353 g/mol. The Labute approximate surface area is 157 Å². The van der Waals surface area contributed by atoms with Gasteiger partial charge in [0.15, 0.2) is 0 Å². The summed E-state index contributed by atoms with van der Waals surface area (Å²) in [6, 6.07) is 22.8. The Kier molecular flexibility index (Phi) is 3.75. The number of hydrogen-bond donors (Lipinski definition) is 1. The molecule has 0 fully saturated rings. The second-order valence-corrected chi connectivity index (χ2v) is 6.53. The molecule has 0 unspecified atom stereocenters. The monoisotopic (exact) mass is 353 g/mol. The van der Waals surface area contributed by atoms with Crippen LogP contribution in [0.1, 0.15) is 12.5 Å². The van der Waals surface area contributed by atoms with Crippen molar-refractivity contribution in [2.24, 2.45) is 0 Å². The Morgan fingerprint density at radius 3 is 2.59 bits per heavy atom. The molecule has 0 bridgehead atoms. The molecule has 0 radical (unpaired) electrons. The van der Waals surface area contributed by atoms with Crippen LogP contribution in [0.25, 0.3) is 33.3 Å². The number of ether oxygens (including phenoxy) is 1. The topological polar surface area (TPSA) is 47.0 Å². The largest absolute Gasteiger partial charge is 0.478 e. The highest BCUT2D eigenvalue weighted by molar-refractivity contribution is 6.00. The summed E-state index contributed by atoms with van der Waals surface area (Å²) in [6.07, 6.45) is 0. The van der Waals surface area contributed by atoms with Crippen molar-refractivity contribution in [3.63, 3.8) is 0 Å². The lowest BCUT2D eigenvalue weighted by Crippen LogP contribution is -2.13. The predicted molar refractivity (Wildman–Crippen MR) is 109 cm³/mol. The van der Waals surface area contributed by atoms with Gasteiger partial charge in [-0.25, -0.2) is 4.98 Å². The fourth-order valence-electron chi connectivity index (χ4n) is 3.75. The van der Waals surface area contributed by atoms with Crippen molar-refractivity contribution in [1.29, 1.82) is 0 Å². The maximum absolute atomic E-state index is 5.55. The van der Waals surface area contributed by atoms with Crippen LogP contribution in [0.5, 0.6) is 5.88 Å². The van der Waals surface area contributed by atoms with Gasteiger partial charge in [0, 0.05) is 29.1 Å². The van der Waals surface area contributed by atoms with Crippen LogP contribution in [0.4, 0.5) is 5.82 Å². The molecule has 0 saturated carbocycles. The minimum Gasteiger partial charge on any atom is -0.478 e. The Bertz CT molecular complexity index is 1140. The maximum Gasteiger partial charge on any atom is 0.215 e. The summed E-state index contributed by atoms with van der Waals surface area (Å²) < 4.78 is 5.55. The first kappa shape index (κ1) is 15.8. The van der Waals surface area contributed by atoms with Crippen molar-refractivity contribution in [1.82, 2.24) is 9.97 Å². The third-order valence-electron chi connectivity index (χ3n) is 4.91. The summed E-state index contributed by atoms with van der Waals surface area (Å²) in [7, 11) is 0. The smallest absolute Gasteiger partial charge is 0.215 e. The molecule has 2 aromatic carbocycles. The average Bonchev–Trinajstić information content (AvgIpc) is 2.72. The van der Waals surface area contributed by atoms with Crippen molar-refractivity contribution in [3.8, 4) is 28.3 Å². The lowest BCUT2D eigenvalue weighted by atomic mass is 9.90. The number of benzene rings is 2. The summed E-state index contributed by atoms with van der Waals surface area (Å²) in [5.74, 6) is 1.46. The molecular weight excluding hydrogens is 334 g/mol. The van der Waals surface area contributed by atoms with Gasteiger partial charge in [0.2, 0.25) is 5.88 Å². The first-order chi connectivity index (χ1) is 13.3. The molecule has 4 aromatic rings. The standard InChI is InChI=1S/C23H19N3O/c1-2-27-20-13-12-17-22-18(14-24-23(17)26-20)21(15-8-4-3-5-9-15)16-10-6-7-11-19(16)25-22/h3-13H,2,14H2,1H3,(H,24,26). The van der Waals surface area contributed by atoms with Crippen molar-refractivity contribution < 1.29 is 4.74 Å². The maximum atomic E-state index is 5.55. The highest BCUT2D eigenvalue weighted by Crippen LogP contribution is 2.42. The van der Waals surface area contributed by atoms with E-state index in [0.717, 1.165) is 22.6 Å². The van der Waals surface area contributed by atoms with E-state index in [9.17, 15) is 0 Å². The number of anilines is 1. The van der Waals surface area contributed by atoms with Crippen molar-refractivity contribution in [2.45, 2.75) is 13.5 Å². The highest BCUT2D eigenvalue weighted by Gasteiger charge is 2.24. The second kappa shape index (κ2) is 6.40. The number of nitrogens with one attached hydrogen (secondary N) is 1. The first-order valence-corrected chi connectivity index (χ1v) is 9.20. The molecule has 0 aliphatic carbocycles. The lowest BCUT2D eigenvalue weighted by molar-refractivity contribution is 0.327. The first-order valence-electron chi connectivity index (χ1n) is 9.20. The van der Waals surface area contributed by atoms with Gasteiger partial charge in [0.25, 0.3) is 0 Å². The van der Waals surface area contributed by atoms with Gasteiger partial charge in [-0.05, 0) is 30.2 Å². The molecule has 4 heteroatoms. The van der Waals surface area contributed by atoms with E-state index < -0.39 is 0 Å². The summed E-state index contributed by atoms with van der Waals surface area (Å²) in [5, 5.41) is 4.63. The minimum absolute atomic E-state index is 0.601. The van der Waals surface area contributed by atoms with Crippen molar-refractivity contribution in [3.05, 3.63) is 72.3 Å². The van der Waals surface area contributed by atoms with Crippen molar-refractivity contribution >= 4 is 16.7 Å². The minimum atomic E-state index is 0.601. The van der Waals surface area contributed by atoms with E-state index in [-0.39, 0.29) is 0 Å². The molecule has 132 valence electrons. The van der Waals surface area contributed by atoms with Crippen molar-refractivity contribution in [2.75, 3.05) is 11.9 Å². The molecule has 0 spiro atoms. The zero-order chi connectivity index (χ0) is 18.2. The number of para-hydroxylation sites is 1. The van der Waals surface area contributed by atoms with Crippen LogP contribution in [0.3, 0.4) is 0 Å². The predicted octanol–water partition coefficient (Wildman–Crippen LogP) is 5.29. The molecule has 3 heterocycles. The molecule has 1 aliphatic heterocycles. The van der Waals surface area contributed by atoms with Crippen LogP contribution in [0.2, 0.25) is 0 Å². The number of fused-ring (bicyclic) bond motifs is 4. The zero-order valence-electron chi connectivity index (χ0n) is 15.1. The van der Waals surface area contributed by atoms with E-state index >= 15 is 0 Å². The Balaban J connectivity index is 1.80. The van der Waals surface area contributed by atoms with Gasteiger partial charge in [-0.3, -0.25) is 0 Å². The molecule has 0 saturated heterocycles. The second-order valence-electron chi connectivity index (χ2n) is 6.53. The number of rotatable bonds is 3. The third kappa shape index (κ3) is 2.61. The van der Waals surface area contributed by atoms with Crippen LogP contribution < -0.4 is 10.1 Å². The number of nitrogens with zero attached hydrogens (tertiary/aromatic N) is 2. The third-order valence-corrected chi connectivity index (χ3v) is 4.91. The van der Waals surface area contributed by atoms with Gasteiger partial charge in [-0.1, -0.05) is 48.5 Å². The van der Waals surface area contributed by atoms with Gasteiger partial charge in [-0.15, -0.1) is 0 Å². The summed E-state index contributed by atoms with van der Waals surface area (Å²) in [6.45, 7) is 3.25. The molecule has 0 atom stereocenters. The molecular formula is C23H19N3O. The fourth-order valence-corrected chi connectivity index (χ4v) is 3.75. The number of aromatic nitrogens is 2. The molecule has 0 amide bonds. The zero-order valence-corrected chi connectivity index (χ0v) is 15.1. The quantitative estimate of drug-likeness (QED) is 0.544. The Morgan fingerprint density at radius 2 is 1.74 bits per heavy atom. The molecule has 1 N–H and O–H groups in total. The van der Waals surface area contributed by atoms with Gasteiger partial charge in [0.1, 0.15) is 5.82 Å². The van der Waals surface area contributed by atoms with Gasteiger partial charge >= 0.3 is 0 Å². The molecule has 27 heavy (non-hydrogen) atoms.